The Morgan fingerprint density at radius 2 is 2.16 bits per heavy atom. The SMILES string of the molecule is O=[N+]([O-])c1ccc(F)c(F)c1NC1CC2CCC1O2. The summed E-state index contributed by atoms with van der Waals surface area (Å²) in [6.07, 6.45) is 2.51. The first-order chi connectivity index (χ1) is 9.06. The fourth-order valence-electron chi connectivity index (χ4n) is 2.81. The van der Waals surface area contributed by atoms with Crippen LogP contribution in [0, 0.1) is 21.7 Å². The summed E-state index contributed by atoms with van der Waals surface area (Å²) < 4.78 is 32.5. The third-order valence-corrected chi connectivity index (χ3v) is 3.71. The van der Waals surface area contributed by atoms with Crippen LogP contribution in [-0.4, -0.2) is 23.2 Å². The third kappa shape index (κ3) is 2.03. The van der Waals surface area contributed by atoms with Crippen LogP contribution in [0.3, 0.4) is 0 Å². The number of anilines is 1. The van der Waals surface area contributed by atoms with E-state index in [-0.39, 0.29) is 23.9 Å². The van der Waals surface area contributed by atoms with E-state index in [1.54, 1.807) is 0 Å². The predicted molar refractivity (Wildman–Crippen MR) is 62.9 cm³/mol. The molecule has 2 bridgehead atoms. The Morgan fingerprint density at radius 3 is 2.74 bits per heavy atom. The predicted octanol–water partition coefficient (Wildman–Crippen LogP) is 2.60. The number of ether oxygens (including phenoxy) is 1. The molecule has 0 aromatic heterocycles. The van der Waals surface area contributed by atoms with Gasteiger partial charge in [0, 0.05) is 6.07 Å². The molecule has 3 rings (SSSR count). The van der Waals surface area contributed by atoms with E-state index in [1.165, 1.54) is 0 Å². The summed E-state index contributed by atoms with van der Waals surface area (Å²) in [5, 5.41) is 13.6. The Labute approximate surface area is 107 Å². The van der Waals surface area contributed by atoms with Crippen molar-refractivity contribution < 1.29 is 18.4 Å². The number of hydrogen-bond donors (Lipinski definition) is 1. The first kappa shape index (κ1) is 12.3. The minimum atomic E-state index is -1.21. The first-order valence-electron chi connectivity index (χ1n) is 6.10. The number of nitrogens with one attached hydrogen (secondary N) is 1. The molecule has 0 radical (unpaired) electrons. The number of nitro benzene ring substituents is 1. The van der Waals surface area contributed by atoms with E-state index in [1.807, 2.05) is 0 Å². The Balaban J connectivity index is 1.91. The second-order valence-electron chi connectivity index (χ2n) is 4.87. The van der Waals surface area contributed by atoms with Gasteiger partial charge in [0.1, 0.15) is 0 Å². The van der Waals surface area contributed by atoms with Crippen molar-refractivity contribution in [1.82, 2.24) is 0 Å². The summed E-state index contributed by atoms with van der Waals surface area (Å²) in [4.78, 5) is 10.1. The van der Waals surface area contributed by atoms with E-state index in [0.717, 1.165) is 25.0 Å². The number of nitro groups is 1. The normalized spacial score (nSPS) is 28.6. The topological polar surface area (TPSA) is 64.4 Å². The zero-order valence-electron chi connectivity index (χ0n) is 9.94. The summed E-state index contributed by atoms with van der Waals surface area (Å²) in [7, 11) is 0. The highest BCUT2D eigenvalue weighted by Crippen LogP contribution is 2.38. The molecule has 1 aromatic carbocycles. The zero-order valence-corrected chi connectivity index (χ0v) is 9.94. The van der Waals surface area contributed by atoms with Crippen LogP contribution in [0.1, 0.15) is 19.3 Å². The second kappa shape index (κ2) is 4.41. The molecule has 0 amide bonds. The second-order valence-corrected chi connectivity index (χ2v) is 4.87. The highest BCUT2D eigenvalue weighted by Gasteiger charge is 2.41. The van der Waals surface area contributed by atoms with Gasteiger partial charge in [-0.15, -0.1) is 0 Å². The van der Waals surface area contributed by atoms with Crippen LogP contribution in [0.4, 0.5) is 20.2 Å². The highest BCUT2D eigenvalue weighted by atomic mass is 19.2. The van der Waals surface area contributed by atoms with Gasteiger partial charge in [0.25, 0.3) is 5.69 Å². The maximum atomic E-state index is 13.7. The molecule has 2 heterocycles. The molecule has 2 aliphatic heterocycles. The van der Waals surface area contributed by atoms with Gasteiger partial charge in [-0.3, -0.25) is 10.1 Å². The highest BCUT2D eigenvalue weighted by molar-refractivity contribution is 5.63. The molecule has 19 heavy (non-hydrogen) atoms. The number of benzene rings is 1. The lowest BCUT2D eigenvalue weighted by Crippen LogP contribution is -2.31. The summed E-state index contributed by atoms with van der Waals surface area (Å²) in [6.45, 7) is 0. The molecular formula is C12H12F2N2O3. The number of hydrogen-bond acceptors (Lipinski definition) is 4. The molecule has 0 spiro atoms. The Morgan fingerprint density at radius 1 is 1.37 bits per heavy atom. The molecule has 1 N–H and O–H groups in total. The molecule has 0 saturated carbocycles. The van der Waals surface area contributed by atoms with Crippen LogP contribution in [0.5, 0.6) is 0 Å². The van der Waals surface area contributed by atoms with Gasteiger partial charge >= 0.3 is 0 Å². The van der Waals surface area contributed by atoms with Crippen molar-refractivity contribution in [3.63, 3.8) is 0 Å². The van der Waals surface area contributed by atoms with Gasteiger partial charge in [-0.05, 0) is 25.3 Å². The van der Waals surface area contributed by atoms with Crippen molar-refractivity contribution in [3.05, 3.63) is 33.9 Å². The van der Waals surface area contributed by atoms with E-state index in [9.17, 15) is 18.9 Å². The quantitative estimate of drug-likeness (QED) is 0.677. The molecule has 5 nitrogen and oxygen atoms in total. The van der Waals surface area contributed by atoms with Gasteiger partial charge in [0.15, 0.2) is 17.3 Å². The Hall–Kier alpha value is -1.76. The maximum absolute atomic E-state index is 13.7. The fraction of sp³-hybridized carbons (Fsp3) is 0.500. The molecule has 2 aliphatic rings. The molecule has 1 aromatic rings. The van der Waals surface area contributed by atoms with E-state index < -0.39 is 22.2 Å². The summed E-state index contributed by atoms with van der Waals surface area (Å²) in [6, 6.07) is 1.53. The fourth-order valence-corrected chi connectivity index (χ4v) is 2.81. The van der Waals surface area contributed by atoms with Crippen molar-refractivity contribution in [3.8, 4) is 0 Å². The smallest absolute Gasteiger partial charge is 0.295 e. The number of fused-ring (bicyclic) bond motifs is 2. The van der Waals surface area contributed by atoms with Crippen LogP contribution in [0.25, 0.3) is 0 Å². The maximum Gasteiger partial charge on any atom is 0.295 e. The van der Waals surface area contributed by atoms with Gasteiger partial charge in [0.2, 0.25) is 0 Å². The van der Waals surface area contributed by atoms with E-state index in [4.69, 9.17) is 4.74 Å². The van der Waals surface area contributed by atoms with E-state index >= 15 is 0 Å². The molecule has 0 aliphatic carbocycles. The van der Waals surface area contributed by atoms with Crippen molar-refractivity contribution >= 4 is 11.4 Å². The average molecular weight is 270 g/mol. The standard InChI is InChI=1S/C12H12F2N2O3/c13-7-2-3-9(16(17)18)12(11(7)14)15-8-5-6-1-4-10(8)19-6/h2-3,6,8,10,15H,1,4-5H2. The number of halogens is 2. The van der Waals surface area contributed by atoms with Crippen LogP contribution in [0.2, 0.25) is 0 Å². The van der Waals surface area contributed by atoms with Gasteiger partial charge in [0.05, 0.1) is 23.2 Å². The molecule has 3 unspecified atom stereocenters. The van der Waals surface area contributed by atoms with Crippen molar-refractivity contribution in [1.29, 1.82) is 0 Å². The molecule has 7 heteroatoms. The number of rotatable bonds is 3. The number of nitrogens with zero attached hydrogens (tertiary/aromatic N) is 1. The first-order valence-corrected chi connectivity index (χ1v) is 6.10. The molecular weight excluding hydrogens is 258 g/mol. The monoisotopic (exact) mass is 270 g/mol. The van der Waals surface area contributed by atoms with E-state index in [2.05, 4.69) is 5.32 Å². The lowest BCUT2D eigenvalue weighted by molar-refractivity contribution is -0.384. The van der Waals surface area contributed by atoms with Crippen LogP contribution in [-0.2, 0) is 4.74 Å². The molecule has 2 saturated heterocycles. The minimum Gasteiger partial charge on any atom is -0.373 e. The molecule has 2 fully saturated rings. The van der Waals surface area contributed by atoms with Crippen molar-refractivity contribution in [2.75, 3.05) is 5.32 Å². The van der Waals surface area contributed by atoms with Gasteiger partial charge in [-0.1, -0.05) is 0 Å². The van der Waals surface area contributed by atoms with Crippen LogP contribution >= 0.6 is 0 Å². The lowest BCUT2D eigenvalue weighted by atomic mass is 9.95. The van der Waals surface area contributed by atoms with Gasteiger partial charge in [-0.25, -0.2) is 8.78 Å². The van der Waals surface area contributed by atoms with Crippen molar-refractivity contribution in [2.45, 2.75) is 37.5 Å². The van der Waals surface area contributed by atoms with Gasteiger partial charge < -0.3 is 10.1 Å². The van der Waals surface area contributed by atoms with Crippen LogP contribution < -0.4 is 5.32 Å². The summed E-state index contributed by atoms with van der Waals surface area (Å²) in [5.74, 6) is -2.31. The van der Waals surface area contributed by atoms with E-state index in [0.29, 0.717) is 6.42 Å². The van der Waals surface area contributed by atoms with Gasteiger partial charge in [-0.2, -0.15) is 0 Å². The summed E-state index contributed by atoms with van der Waals surface area (Å²) in [5.41, 5.74) is -0.840. The zero-order chi connectivity index (χ0) is 13.6. The Kier molecular flexibility index (Phi) is 2.85. The molecule has 3 atom stereocenters. The van der Waals surface area contributed by atoms with Crippen molar-refractivity contribution in [2.24, 2.45) is 0 Å². The summed E-state index contributed by atoms with van der Waals surface area (Å²) >= 11 is 0. The third-order valence-electron chi connectivity index (χ3n) is 3.71. The molecule has 102 valence electrons. The average Bonchev–Trinajstić information content (AvgIpc) is 2.97. The Bertz CT molecular complexity index is 538. The minimum absolute atomic E-state index is 0.0766. The van der Waals surface area contributed by atoms with Crippen LogP contribution in [0.15, 0.2) is 12.1 Å². The lowest BCUT2D eigenvalue weighted by Gasteiger charge is -2.21. The largest absolute Gasteiger partial charge is 0.373 e.